The van der Waals surface area contributed by atoms with Crippen molar-refractivity contribution in [2.45, 2.75) is 80.8 Å². The van der Waals surface area contributed by atoms with E-state index in [0.29, 0.717) is 30.4 Å². The molecule has 1 N–H and O–H groups in total. The Labute approximate surface area is 317 Å². The van der Waals surface area contributed by atoms with E-state index in [1.54, 1.807) is 38.3 Å². The lowest BCUT2D eigenvalue weighted by atomic mass is 9.91. The summed E-state index contributed by atoms with van der Waals surface area (Å²) in [5, 5.41) is 11.0. The number of hydrogen-bond donors (Lipinski definition) is 1. The molecule has 296 valence electrons. The van der Waals surface area contributed by atoms with E-state index in [1.165, 1.54) is 24.5 Å². The maximum Gasteiger partial charge on any atom is 0.338 e. The quantitative estimate of drug-likeness (QED) is 0.0668. The Kier molecular flexibility index (Phi) is 21.1. The molecule has 1 heterocycles. The van der Waals surface area contributed by atoms with Crippen LogP contribution in [0.4, 0.5) is 0 Å². The van der Waals surface area contributed by atoms with Crippen molar-refractivity contribution in [2.75, 3.05) is 53.9 Å². The molecule has 0 bridgehead atoms. The average Bonchev–Trinajstić information content (AvgIpc) is 3.16. The monoisotopic (exact) mass is 762 g/mol. The van der Waals surface area contributed by atoms with Gasteiger partial charge in [0.1, 0.15) is 25.9 Å². The van der Waals surface area contributed by atoms with Crippen LogP contribution in [0.25, 0.3) is 20.2 Å². The molecular weight excluding hydrogens is 704 g/mol. The molecule has 0 aliphatic heterocycles. The van der Waals surface area contributed by atoms with E-state index in [-0.39, 0.29) is 72.1 Å². The van der Waals surface area contributed by atoms with Crippen LogP contribution >= 0.6 is 11.3 Å². The number of hydrogen-bond acceptors (Lipinski definition) is 13. The lowest BCUT2D eigenvalue weighted by molar-refractivity contribution is -0.155. The summed E-state index contributed by atoms with van der Waals surface area (Å²) in [6.45, 7) is 15.9. The zero-order valence-electron chi connectivity index (χ0n) is 32.9. The van der Waals surface area contributed by atoms with Crippen LogP contribution in [0.5, 0.6) is 0 Å². The lowest BCUT2D eigenvalue weighted by Crippen LogP contribution is -2.26. The van der Waals surface area contributed by atoms with Gasteiger partial charge in [0, 0.05) is 27.3 Å². The summed E-state index contributed by atoms with van der Waals surface area (Å²) in [5.41, 5.74) is -0.573. The first-order chi connectivity index (χ1) is 25.0. The molecule has 0 saturated heterocycles. The van der Waals surface area contributed by atoms with Gasteiger partial charge >= 0.3 is 23.9 Å². The summed E-state index contributed by atoms with van der Waals surface area (Å²) in [4.78, 5) is 58.8. The summed E-state index contributed by atoms with van der Waals surface area (Å²) in [7, 11) is 3.00. The molecule has 0 radical (unpaired) electrons. The molecule has 0 spiro atoms. The van der Waals surface area contributed by atoms with Crippen LogP contribution in [-0.4, -0.2) is 88.9 Å². The third-order valence-corrected chi connectivity index (χ3v) is 9.75. The van der Waals surface area contributed by atoms with Crippen LogP contribution in [-0.2, 0) is 42.8 Å². The van der Waals surface area contributed by atoms with Gasteiger partial charge in [0.2, 0.25) is 0 Å². The molecule has 3 rings (SSSR count). The topological polar surface area (TPSA) is 161 Å². The second-order valence-electron chi connectivity index (χ2n) is 13.5. The minimum Gasteiger partial charge on any atom is -0.469 e. The number of fused-ring (bicyclic) bond motifs is 2. The number of esters is 4. The van der Waals surface area contributed by atoms with Crippen LogP contribution in [0.2, 0.25) is 0 Å². The SMILES string of the molecule is CCC(C)(C)C(=O)OC.CCC(C)(C)C(=O)OCCOC.CCC(C)C(=O)OCCOCC(O)COC(=O)c1ccc2sc3ccccc3c(=O)c2c1. The fourth-order valence-electron chi connectivity index (χ4n) is 3.94. The fraction of sp³-hybridized carbons (Fsp3) is 0.575. The van der Waals surface area contributed by atoms with E-state index in [9.17, 15) is 29.1 Å². The standard InChI is InChI=1S/C24H26O7S.C9H18O3.C7H14O2/c1-3-15(2)23(27)30-11-10-29-13-17(25)14-31-24(28)16-8-9-21-19(12-16)22(26)18-6-4-5-7-20(18)32-21;1-5-9(2,3)8(10)12-7-6-11-4;1-5-7(2,3)6(8)9-4/h4-9,12,15,17,25H,3,10-11,13-14H2,1-2H3;5-7H2,1-4H3;5H2,1-4H3. The summed E-state index contributed by atoms with van der Waals surface area (Å²) >= 11 is 1.48. The first kappa shape index (κ1) is 47.1. The van der Waals surface area contributed by atoms with Gasteiger partial charge < -0.3 is 33.5 Å². The third kappa shape index (κ3) is 15.9. The number of benzene rings is 2. The number of ether oxygens (including phenoxy) is 6. The van der Waals surface area contributed by atoms with Crippen LogP contribution in [0, 0.1) is 16.7 Å². The van der Waals surface area contributed by atoms with Gasteiger partial charge in [0.15, 0.2) is 5.43 Å². The molecule has 0 aliphatic rings. The van der Waals surface area contributed by atoms with E-state index < -0.39 is 12.1 Å². The predicted molar refractivity (Wildman–Crippen MR) is 206 cm³/mol. The van der Waals surface area contributed by atoms with Crippen molar-refractivity contribution in [2.24, 2.45) is 16.7 Å². The van der Waals surface area contributed by atoms with E-state index in [4.69, 9.17) is 23.7 Å². The number of aliphatic hydroxyl groups is 1. The van der Waals surface area contributed by atoms with Gasteiger partial charge in [0.25, 0.3) is 0 Å². The van der Waals surface area contributed by atoms with Crippen molar-refractivity contribution in [3.8, 4) is 0 Å². The number of carbonyl (C=O) groups excluding carboxylic acids is 4. The first-order valence-corrected chi connectivity index (χ1v) is 18.6. The molecular formula is C40H58O12S. The van der Waals surface area contributed by atoms with Crippen molar-refractivity contribution in [3.63, 3.8) is 0 Å². The van der Waals surface area contributed by atoms with Crippen LogP contribution in [0.15, 0.2) is 47.3 Å². The number of rotatable bonds is 17. The fourth-order valence-corrected chi connectivity index (χ4v) is 4.99. The van der Waals surface area contributed by atoms with Crippen molar-refractivity contribution in [1.82, 2.24) is 0 Å². The van der Waals surface area contributed by atoms with Crippen LogP contribution in [0.1, 0.15) is 85.0 Å². The number of carbonyl (C=O) groups is 4. The lowest BCUT2D eigenvalue weighted by Gasteiger charge is -2.19. The zero-order valence-corrected chi connectivity index (χ0v) is 33.7. The molecule has 0 saturated carbocycles. The van der Waals surface area contributed by atoms with Gasteiger partial charge in [-0.05, 0) is 77.3 Å². The summed E-state index contributed by atoms with van der Waals surface area (Å²) < 4.78 is 31.4. The number of methoxy groups -OCH3 is 2. The summed E-state index contributed by atoms with van der Waals surface area (Å²) in [6, 6.07) is 12.2. The maximum absolute atomic E-state index is 12.8. The molecule has 2 unspecified atom stereocenters. The highest BCUT2D eigenvalue weighted by atomic mass is 32.1. The Morgan fingerprint density at radius 3 is 1.94 bits per heavy atom. The van der Waals surface area contributed by atoms with E-state index in [0.717, 1.165) is 22.2 Å². The minimum atomic E-state index is -1.02. The van der Waals surface area contributed by atoms with Crippen LogP contribution in [0.3, 0.4) is 0 Å². The van der Waals surface area contributed by atoms with Gasteiger partial charge in [-0.2, -0.15) is 0 Å². The molecule has 2 aromatic carbocycles. The second-order valence-corrected chi connectivity index (χ2v) is 14.6. The predicted octanol–water partition coefficient (Wildman–Crippen LogP) is 6.75. The Morgan fingerprint density at radius 1 is 0.755 bits per heavy atom. The van der Waals surface area contributed by atoms with Gasteiger partial charge in [-0.25, -0.2) is 4.79 Å². The highest BCUT2D eigenvalue weighted by molar-refractivity contribution is 7.24. The van der Waals surface area contributed by atoms with Gasteiger partial charge in [0.05, 0.1) is 49.2 Å². The minimum absolute atomic E-state index is 0.0652. The Bertz CT molecular complexity index is 1660. The normalized spacial score (nSPS) is 12.4. The van der Waals surface area contributed by atoms with Crippen molar-refractivity contribution < 1.29 is 52.7 Å². The van der Waals surface area contributed by atoms with Crippen molar-refractivity contribution >= 4 is 55.4 Å². The molecule has 0 aliphatic carbocycles. The molecule has 13 heteroatoms. The second kappa shape index (κ2) is 23.7. The maximum atomic E-state index is 12.8. The molecule has 12 nitrogen and oxygen atoms in total. The van der Waals surface area contributed by atoms with E-state index in [1.807, 2.05) is 60.6 Å². The van der Waals surface area contributed by atoms with Crippen molar-refractivity contribution in [1.29, 1.82) is 0 Å². The molecule has 2 atom stereocenters. The molecule has 0 fully saturated rings. The van der Waals surface area contributed by atoms with E-state index >= 15 is 0 Å². The van der Waals surface area contributed by atoms with E-state index in [2.05, 4.69) is 4.74 Å². The number of aliphatic hydroxyl groups excluding tert-OH is 1. The van der Waals surface area contributed by atoms with Gasteiger partial charge in [-0.1, -0.05) is 39.8 Å². The molecule has 1 aromatic heterocycles. The third-order valence-electron chi connectivity index (χ3n) is 8.59. The smallest absolute Gasteiger partial charge is 0.338 e. The molecule has 0 amide bonds. The highest BCUT2D eigenvalue weighted by Crippen LogP contribution is 2.25. The summed E-state index contributed by atoms with van der Waals surface area (Å²) in [5.74, 6) is -1.36. The Balaban J connectivity index is 0.000000548. The zero-order chi connectivity index (χ0) is 40.2. The van der Waals surface area contributed by atoms with Crippen molar-refractivity contribution in [3.05, 3.63) is 58.3 Å². The van der Waals surface area contributed by atoms with Gasteiger partial charge in [-0.3, -0.25) is 19.2 Å². The average molecular weight is 763 g/mol. The summed E-state index contributed by atoms with van der Waals surface area (Å²) in [6.07, 6.45) is 1.29. The van der Waals surface area contributed by atoms with Crippen LogP contribution < -0.4 is 5.43 Å². The highest BCUT2D eigenvalue weighted by Gasteiger charge is 2.27. The Morgan fingerprint density at radius 2 is 1.36 bits per heavy atom. The van der Waals surface area contributed by atoms with Gasteiger partial charge in [-0.15, -0.1) is 11.3 Å². The molecule has 3 aromatic rings. The first-order valence-electron chi connectivity index (χ1n) is 17.8. The largest absolute Gasteiger partial charge is 0.469 e. The Hall–Kier alpha value is -3.91. The molecule has 53 heavy (non-hydrogen) atoms.